The van der Waals surface area contributed by atoms with Crippen LogP contribution in [0.15, 0.2) is 64.8 Å². The van der Waals surface area contributed by atoms with Gasteiger partial charge in [-0.25, -0.2) is 9.97 Å². The molecule has 0 aliphatic heterocycles. The molecule has 3 rings (SSSR count). The molecule has 0 amide bonds. The zero-order valence-corrected chi connectivity index (χ0v) is 10.8. The lowest BCUT2D eigenvalue weighted by molar-refractivity contribution is 1.10. The van der Waals surface area contributed by atoms with Crippen LogP contribution in [-0.4, -0.2) is 9.97 Å². The molecule has 2 heterocycles. The maximum absolute atomic E-state index is 9.23. The molecule has 19 heavy (non-hydrogen) atoms. The van der Waals surface area contributed by atoms with Crippen molar-refractivity contribution in [2.24, 2.45) is 0 Å². The molecule has 90 valence electrons. The molecule has 0 fully saturated rings. The normalized spacial score (nSPS) is 10.3. The van der Waals surface area contributed by atoms with Crippen LogP contribution >= 0.6 is 11.8 Å². The van der Waals surface area contributed by atoms with Crippen LogP contribution in [0.1, 0.15) is 5.56 Å². The predicted molar refractivity (Wildman–Crippen MR) is 74.8 cm³/mol. The highest BCUT2D eigenvalue weighted by Crippen LogP contribution is 2.29. The van der Waals surface area contributed by atoms with Crippen molar-refractivity contribution in [3.05, 3.63) is 60.3 Å². The standard InChI is InChI=1S/C15H9N3S/c16-10-12-9-11-5-1-2-6-13(11)18-15(12)19-14-7-3-4-8-17-14/h1-9H. The second-order valence-corrected chi connectivity index (χ2v) is 4.92. The first-order chi connectivity index (χ1) is 9.36. The van der Waals surface area contributed by atoms with Crippen LogP contribution in [0, 0.1) is 11.3 Å². The van der Waals surface area contributed by atoms with Crippen LogP contribution in [0.3, 0.4) is 0 Å². The number of hydrogen-bond acceptors (Lipinski definition) is 4. The number of rotatable bonds is 2. The lowest BCUT2D eigenvalue weighted by Crippen LogP contribution is -1.89. The maximum Gasteiger partial charge on any atom is 0.121 e. The summed E-state index contributed by atoms with van der Waals surface area (Å²) in [7, 11) is 0. The van der Waals surface area contributed by atoms with Gasteiger partial charge in [-0.3, -0.25) is 0 Å². The highest BCUT2D eigenvalue weighted by molar-refractivity contribution is 7.99. The SMILES string of the molecule is N#Cc1cc2ccccc2nc1Sc1ccccn1. The molecule has 0 unspecified atom stereocenters. The van der Waals surface area contributed by atoms with Gasteiger partial charge in [0, 0.05) is 11.6 Å². The van der Waals surface area contributed by atoms with E-state index in [0.29, 0.717) is 10.6 Å². The molecule has 3 nitrogen and oxygen atoms in total. The number of aromatic nitrogens is 2. The zero-order valence-electron chi connectivity index (χ0n) is 9.95. The van der Waals surface area contributed by atoms with E-state index in [0.717, 1.165) is 15.9 Å². The topological polar surface area (TPSA) is 49.6 Å². The first kappa shape index (κ1) is 11.7. The van der Waals surface area contributed by atoms with E-state index in [-0.39, 0.29) is 0 Å². The zero-order chi connectivity index (χ0) is 13.1. The van der Waals surface area contributed by atoms with Crippen molar-refractivity contribution in [1.82, 2.24) is 9.97 Å². The summed E-state index contributed by atoms with van der Waals surface area (Å²) >= 11 is 1.41. The fourth-order valence-electron chi connectivity index (χ4n) is 1.76. The van der Waals surface area contributed by atoms with Gasteiger partial charge in [0.05, 0.1) is 11.1 Å². The number of fused-ring (bicyclic) bond motifs is 1. The monoisotopic (exact) mass is 263 g/mol. The molecule has 2 aromatic heterocycles. The van der Waals surface area contributed by atoms with E-state index in [9.17, 15) is 5.26 Å². The van der Waals surface area contributed by atoms with Gasteiger partial charge in [0.2, 0.25) is 0 Å². The fraction of sp³-hybridized carbons (Fsp3) is 0. The third-order valence-electron chi connectivity index (χ3n) is 2.65. The van der Waals surface area contributed by atoms with E-state index in [1.807, 2.05) is 48.5 Å². The fourth-order valence-corrected chi connectivity index (χ4v) is 2.58. The van der Waals surface area contributed by atoms with Crippen molar-refractivity contribution in [1.29, 1.82) is 5.26 Å². The second kappa shape index (κ2) is 5.09. The van der Waals surface area contributed by atoms with Crippen LogP contribution in [0.4, 0.5) is 0 Å². The summed E-state index contributed by atoms with van der Waals surface area (Å²) in [6, 6.07) is 17.5. The summed E-state index contributed by atoms with van der Waals surface area (Å²) in [4.78, 5) is 8.78. The molecule has 1 aromatic carbocycles. The Balaban J connectivity index is 2.10. The van der Waals surface area contributed by atoms with Crippen molar-refractivity contribution in [3.8, 4) is 6.07 Å². The molecule has 0 bridgehead atoms. The molecule has 0 saturated carbocycles. The minimum Gasteiger partial charge on any atom is -0.250 e. The van der Waals surface area contributed by atoms with E-state index < -0.39 is 0 Å². The maximum atomic E-state index is 9.23. The molecule has 0 atom stereocenters. The average Bonchev–Trinajstić information content (AvgIpc) is 2.47. The van der Waals surface area contributed by atoms with E-state index in [1.165, 1.54) is 11.8 Å². The van der Waals surface area contributed by atoms with Crippen LogP contribution in [0.5, 0.6) is 0 Å². The molecule has 4 heteroatoms. The Morgan fingerprint density at radius 3 is 2.68 bits per heavy atom. The Labute approximate surface area is 114 Å². The highest BCUT2D eigenvalue weighted by Gasteiger charge is 2.08. The van der Waals surface area contributed by atoms with Gasteiger partial charge in [0.15, 0.2) is 0 Å². The van der Waals surface area contributed by atoms with E-state index in [1.54, 1.807) is 6.20 Å². The van der Waals surface area contributed by atoms with Crippen LogP contribution in [0.25, 0.3) is 10.9 Å². The third kappa shape index (κ3) is 2.42. The van der Waals surface area contributed by atoms with Gasteiger partial charge < -0.3 is 0 Å². The Kier molecular flexibility index (Phi) is 3.13. The van der Waals surface area contributed by atoms with Gasteiger partial charge >= 0.3 is 0 Å². The average molecular weight is 263 g/mol. The first-order valence-electron chi connectivity index (χ1n) is 5.75. The molecular formula is C15H9N3S. The highest BCUT2D eigenvalue weighted by atomic mass is 32.2. The number of para-hydroxylation sites is 1. The Morgan fingerprint density at radius 2 is 1.89 bits per heavy atom. The van der Waals surface area contributed by atoms with Crippen molar-refractivity contribution in [2.45, 2.75) is 10.1 Å². The molecule has 0 N–H and O–H groups in total. The first-order valence-corrected chi connectivity index (χ1v) is 6.57. The Hall–Kier alpha value is -2.38. The number of benzene rings is 1. The molecule has 0 spiro atoms. The van der Waals surface area contributed by atoms with Crippen molar-refractivity contribution >= 4 is 22.7 Å². The summed E-state index contributed by atoms with van der Waals surface area (Å²) in [5.41, 5.74) is 1.47. The van der Waals surface area contributed by atoms with Crippen molar-refractivity contribution in [3.63, 3.8) is 0 Å². The molecule has 0 aliphatic carbocycles. The molecule has 0 radical (unpaired) electrons. The summed E-state index contributed by atoms with van der Waals surface area (Å²) in [5.74, 6) is 0. The molecular weight excluding hydrogens is 254 g/mol. The third-order valence-corrected chi connectivity index (χ3v) is 3.60. The van der Waals surface area contributed by atoms with E-state index in [2.05, 4.69) is 16.0 Å². The Morgan fingerprint density at radius 1 is 1.05 bits per heavy atom. The molecule has 0 saturated heterocycles. The van der Waals surface area contributed by atoms with Gasteiger partial charge in [-0.05, 0) is 36.0 Å². The van der Waals surface area contributed by atoms with E-state index >= 15 is 0 Å². The minimum absolute atomic E-state index is 0.578. The van der Waals surface area contributed by atoms with E-state index in [4.69, 9.17) is 0 Å². The van der Waals surface area contributed by atoms with Crippen LogP contribution in [0.2, 0.25) is 0 Å². The van der Waals surface area contributed by atoms with Crippen LogP contribution in [-0.2, 0) is 0 Å². The molecule has 0 aliphatic rings. The number of hydrogen-bond donors (Lipinski definition) is 0. The van der Waals surface area contributed by atoms with Gasteiger partial charge in [0.1, 0.15) is 16.1 Å². The summed E-state index contributed by atoms with van der Waals surface area (Å²) in [6.07, 6.45) is 1.73. The van der Waals surface area contributed by atoms with Crippen molar-refractivity contribution in [2.75, 3.05) is 0 Å². The summed E-state index contributed by atoms with van der Waals surface area (Å²) < 4.78 is 0. The second-order valence-electron chi connectivity index (χ2n) is 3.92. The van der Waals surface area contributed by atoms with Crippen LogP contribution < -0.4 is 0 Å². The minimum atomic E-state index is 0.578. The van der Waals surface area contributed by atoms with Gasteiger partial charge in [-0.15, -0.1) is 0 Å². The van der Waals surface area contributed by atoms with Crippen molar-refractivity contribution < 1.29 is 0 Å². The number of pyridine rings is 2. The van der Waals surface area contributed by atoms with Gasteiger partial charge in [-0.2, -0.15) is 5.26 Å². The smallest absolute Gasteiger partial charge is 0.121 e. The lowest BCUT2D eigenvalue weighted by Gasteiger charge is -2.04. The van der Waals surface area contributed by atoms with Gasteiger partial charge in [0.25, 0.3) is 0 Å². The number of nitrogens with zero attached hydrogens (tertiary/aromatic N) is 3. The molecule has 3 aromatic rings. The number of nitriles is 1. The Bertz CT molecular complexity index is 763. The quantitative estimate of drug-likeness (QED) is 0.708. The largest absolute Gasteiger partial charge is 0.250 e. The summed E-state index contributed by atoms with van der Waals surface area (Å²) in [6.45, 7) is 0. The van der Waals surface area contributed by atoms with Gasteiger partial charge in [-0.1, -0.05) is 24.3 Å². The lowest BCUT2D eigenvalue weighted by atomic mass is 10.2. The predicted octanol–water partition coefficient (Wildman–Crippen LogP) is 3.65. The summed E-state index contributed by atoms with van der Waals surface area (Å²) in [5, 5.41) is 11.7.